The molecule has 0 saturated carbocycles. The van der Waals surface area contributed by atoms with E-state index in [1.54, 1.807) is 0 Å². The van der Waals surface area contributed by atoms with Crippen molar-refractivity contribution in [1.29, 1.82) is 0 Å². The Morgan fingerprint density at radius 3 is 2.26 bits per heavy atom. The molecular weight excluding hydrogens is 376 g/mol. The van der Waals surface area contributed by atoms with E-state index in [4.69, 9.17) is 0 Å². The van der Waals surface area contributed by atoms with Gasteiger partial charge in [-0.1, -0.05) is 86.6 Å². The van der Waals surface area contributed by atoms with Crippen LogP contribution in [-0.2, 0) is 5.41 Å². The second kappa shape index (κ2) is 5.67. The monoisotopic (exact) mass is 398 g/mol. The lowest BCUT2D eigenvalue weighted by molar-refractivity contribution is 0.666. The molecule has 31 heavy (non-hydrogen) atoms. The van der Waals surface area contributed by atoms with Crippen molar-refractivity contribution in [1.82, 2.24) is 9.55 Å². The van der Waals surface area contributed by atoms with Gasteiger partial charge in [-0.15, -0.1) is 0 Å². The van der Waals surface area contributed by atoms with Crippen molar-refractivity contribution in [3.63, 3.8) is 0 Å². The SMILES string of the molecule is CC1(C)c2ccccc2-c2c1c1ccc3c4ccccc4[nH]c3c1n2-c1ccccc1. The van der Waals surface area contributed by atoms with Crippen molar-refractivity contribution in [2.24, 2.45) is 0 Å². The lowest BCUT2D eigenvalue weighted by Gasteiger charge is -2.21. The van der Waals surface area contributed by atoms with Crippen molar-refractivity contribution in [2.45, 2.75) is 19.3 Å². The highest BCUT2D eigenvalue weighted by Gasteiger charge is 2.40. The van der Waals surface area contributed by atoms with Crippen molar-refractivity contribution >= 4 is 32.7 Å². The molecule has 0 unspecified atom stereocenters. The molecule has 2 aromatic heterocycles. The van der Waals surface area contributed by atoms with E-state index in [1.807, 2.05) is 0 Å². The Morgan fingerprint density at radius 2 is 1.39 bits per heavy atom. The van der Waals surface area contributed by atoms with Gasteiger partial charge in [0.1, 0.15) is 0 Å². The van der Waals surface area contributed by atoms with Crippen LogP contribution in [0.1, 0.15) is 25.0 Å². The largest absolute Gasteiger partial charge is 0.353 e. The van der Waals surface area contributed by atoms with E-state index in [2.05, 4.69) is 114 Å². The number of rotatable bonds is 1. The van der Waals surface area contributed by atoms with Crippen molar-refractivity contribution < 1.29 is 0 Å². The number of para-hydroxylation sites is 2. The minimum atomic E-state index is -0.0517. The van der Waals surface area contributed by atoms with Gasteiger partial charge in [0.2, 0.25) is 0 Å². The molecule has 1 aliphatic rings. The molecule has 4 aromatic carbocycles. The second-order valence-corrected chi connectivity index (χ2v) is 9.12. The minimum Gasteiger partial charge on any atom is -0.353 e. The first-order valence-corrected chi connectivity index (χ1v) is 10.9. The standard InChI is InChI=1S/C29H22N2/c1-29(2)23-14-8-6-13-21(23)27-25(29)22-17-16-20-19-12-7-9-15-24(19)30-26(20)28(22)31(27)18-10-4-3-5-11-18/h3-17,30H,1-2H3. The van der Waals surface area contributed by atoms with Crippen LogP contribution >= 0.6 is 0 Å². The summed E-state index contributed by atoms with van der Waals surface area (Å²) >= 11 is 0. The topological polar surface area (TPSA) is 20.7 Å². The van der Waals surface area contributed by atoms with Gasteiger partial charge in [0.25, 0.3) is 0 Å². The van der Waals surface area contributed by atoms with Gasteiger partial charge in [-0.3, -0.25) is 0 Å². The summed E-state index contributed by atoms with van der Waals surface area (Å²) in [6.45, 7) is 4.73. The average Bonchev–Trinajstić information content (AvgIpc) is 3.42. The highest BCUT2D eigenvalue weighted by Crippen LogP contribution is 2.54. The molecular formula is C29H22N2. The molecule has 0 bridgehead atoms. The van der Waals surface area contributed by atoms with E-state index >= 15 is 0 Å². The fourth-order valence-corrected chi connectivity index (χ4v) is 5.78. The lowest BCUT2D eigenvalue weighted by atomic mass is 9.81. The number of nitrogens with one attached hydrogen (secondary N) is 1. The van der Waals surface area contributed by atoms with Crippen LogP contribution in [0.4, 0.5) is 0 Å². The number of benzene rings is 4. The number of hydrogen-bond donors (Lipinski definition) is 1. The third kappa shape index (κ3) is 2.02. The van der Waals surface area contributed by atoms with Gasteiger partial charge in [-0.25, -0.2) is 0 Å². The number of hydrogen-bond acceptors (Lipinski definition) is 0. The summed E-state index contributed by atoms with van der Waals surface area (Å²) < 4.78 is 2.48. The molecule has 2 heteroatoms. The summed E-state index contributed by atoms with van der Waals surface area (Å²) in [6, 6.07) is 32.9. The molecule has 2 nitrogen and oxygen atoms in total. The van der Waals surface area contributed by atoms with Crippen LogP contribution in [0, 0.1) is 0 Å². The highest BCUT2D eigenvalue weighted by molar-refractivity contribution is 6.18. The first kappa shape index (κ1) is 17.0. The molecule has 148 valence electrons. The van der Waals surface area contributed by atoms with E-state index in [0.717, 1.165) is 0 Å². The molecule has 0 aliphatic heterocycles. The van der Waals surface area contributed by atoms with Gasteiger partial charge in [0.15, 0.2) is 0 Å². The predicted octanol–water partition coefficient (Wildman–Crippen LogP) is 7.57. The maximum absolute atomic E-state index is 3.75. The molecule has 0 atom stereocenters. The molecule has 1 N–H and O–H groups in total. The van der Waals surface area contributed by atoms with Gasteiger partial charge in [-0.05, 0) is 29.3 Å². The Balaban J connectivity index is 1.76. The fourth-order valence-electron chi connectivity index (χ4n) is 5.78. The van der Waals surface area contributed by atoms with E-state index in [0.29, 0.717) is 0 Å². The van der Waals surface area contributed by atoms with E-state index < -0.39 is 0 Å². The van der Waals surface area contributed by atoms with Crippen molar-refractivity contribution in [2.75, 3.05) is 0 Å². The Labute approximate surface area is 180 Å². The molecule has 6 aromatic rings. The predicted molar refractivity (Wildman–Crippen MR) is 130 cm³/mol. The van der Waals surface area contributed by atoms with Gasteiger partial charge >= 0.3 is 0 Å². The number of nitrogens with zero attached hydrogens (tertiary/aromatic N) is 1. The van der Waals surface area contributed by atoms with Crippen LogP contribution in [0.3, 0.4) is 0 Å². The second-order valence-electron chi connectivity index (χ2n) is 9.12. The molecule has 0 spiro atoms. The summed E-state index contributed by atoms with van der Waals surface area (Å²) in [7, 11) is 0. The summed E-state index contributed by atoms with van der Waals surface area (Å²) in [5, 5.41) is 3.89. The number of aromatic nitrogens is 2. The van der Waals surface area contributed by atoms with Crippen LogP contribution in [0.15, 0.2) is 91.0 Å². The fraction of sp³-hybridized carbons (Fsp3) is 0.103. The zero-order valence-electron chi connectivity index (χ0n) is 17.6. The summed E-state index contributed by atoms with van der Waals surface area (Å²) in [6.07, 6.45) is 0. The quantitative estimate of drug-likeness (QED) is 0.295. The Morgan fingerprint density at radius 1 is 0.677 bits per heavy atom. The van der Waals surface area contributed by atoms with Gasteiger partial charge in [-0.2, -0.15) is 0 Å². The maximum atomic E-state index is 3.75. The molecule has 7 rings (SSSR count). The van der Waals surface area contributed by atoms with Crippen LogP contribution in [0.2, 0.25) is 0 Å². The van der Waals surface area contributed by atoms with Gasteiger partial charge in [0.05, 0.1) is 16.7 Å². The highest BCUT2D eigenvalue weighted by atomic mass is 15.0. The Hall–Kier alpha value is -3.78. The van der Waals surface area contributed by atoms with Crippen LogP contribution in [-0.4, -0.2) is 9.55 Å². The number of fused-ring (bicyclic) bond motifs is 9. The van der Waals surface area contributed by atoms with E-state index in [1.165, 1.54) is 60.8 Å². The normalized spacial score (nSPS) is 14.4. The van der Waals surface area contributed by atoms with E-state index in [-0.39, 0.29) is 5.41 Å². The maximum Gasteiger partial charge on any atom is 0.0780 e. The van der Waals surface area contributed by atoms with Crippen LogP contribution in [0.25, 0.3) is 49.7 Å². The first-order valence-electron chi connectivity index (χ1n) is 10.9. The molecule has 0 fully saturated rings. The van der Waals surface area contributed by atoms with Gasteiger partial charge < -0.3 is 9.55 Å². The van der Waals surface area contributed by atoms with E-state index in [9.17, 15) is 0 Å². The summed E-state index contributed by atoms with van der Waals surface area (Å²) in [5.41, 5.74) is 10.3. The zero-order chi connectivity index (χ0) is 20.7. The van der Waals surface area contributed by atoms with Crippen molar-refractivity contribution in [3.05, 3.63) is 102 Å². The Kier molecular flexibility index (Phi) is 3.10. The molecule has 2 heterocycles. The molecule has 1 aliphatic carbocycles. The van der Waals surface area contributed by atoms with Gasteiger partial charge in [0, 0.05) is 38.3 Å². The smallest absolute Gasteiger partial charge is 0.0780 e. The Bertz CT molecular complexity index is 1650. The summed E-state index contributed by atoms with van der Waals surface area (Å²) in [5.74, 6) is 0. The average molecular weight is 399 g/mol. The van der Waals surface area contributed by atoms with Crippen LogP contribution < -0.4 is 0 Å². The minimum absolute atomic E-state index is 0.0517. The molecule has 0 amide bonds. The number of H-pyrrole nitrogens is 1. The third-order valence-electron chi connectivity index (χ3n) is 7.10. The summed E-state index contributed by atoms with van der Waals surface area (Å²) in [4.78, 5) is 3.75. The lowest BCUT2D eigenvalue weighted by Crippen LogP contribution is -2.14. The van der Waals surface area contributed by atoms with Crippen LogP contribution in [0.5, 0.6) is 0 Å². The third-order valence-corrected chi connectivity index (χ3v) is 7.10. The zero-order valence-corrected chi connectivity index (χ0v) is 17.6. The van der Waals surface area contributed by atoms with Crippen molar-refractivity contribution in [3.8, 4) is 16.9 Å². The number of aromatic amines is 1. The first-order chi connectivity index (χ1) is 15.2. The molecule has 0 saturated heterocycles. The molecule has 0 radical (unpaired) electrons.